The third-order valence-corrected chi connectivity index (χ3v) is 3.98. The zero-order valence-electron chi connectivity index (χ0n) is 12.7. The molecule has 0 saturated carbocycles. The molecule has 24 heavy (non-hydrogen) atoms. The molecule has 0 bridgehead atoms. The zero-order valence-corrected chi connectivity index (χ0v) is 15.1. The number of esters is 2. The summed E-state index contributed by atoms with van der Waals surface area (Å²) >= 11 is 9.23. The summed E-state index contributed by atoms with van der Waals surface area (Å²) < 4.78 is 9.84. The van der Waals surface area contributed by atoms with Gasteiger partial charge in [-0.05, 0) is 40.2 Å². The molecule has 2 rings (SSSR count). The van der Waals surface area contributed by atoms with Crippen molar-refractivity contribution in [3.8, 4) is 5.75 Å². The molecule has 0 aliphatic carbocycles. The highest BCUT2D eigenvalue weighted by molar-refractivity contribution is 9.10. The van der Waals surface area contributed by atoms with Gasteiger partial charge in [-0.2, -0.15) is 0 Å². The van der Waals surface area contributed by atoms with Gasteiger partial charge in [-0.25, -0.2) is 9.59 Å². The average molecular weight is 415 g/mol. The molecule has 0 aromatic heterocycles. The number of halogens is 2. The topological polar surface area (TPSA) is 76.1 Å². The summed E-state index contributed by atoms with van der Waals surface area (Å²) in [5, 5.41) is 10.7. The maximum Gasteiger partial charge on any atom is 0.355 e. The van der Waals surface area contributed by atoms with Crippen LogP contribution < -0.4 is 4.90 Å². The molecule has 0 radical (unpaired) electrons. The van der Waals surface area contributed by atoms with E-state index in [0.29, 0.717) is 9.50 Å². The first-order chi connectivity index (χ1) is 11.4. The second-order valence-electron chi connectivity index (χ2n) is 4.57. The minimum atomic E-state index is -0.776. The second-order valence-corrected chi connectivity index (χ2v) is 5.86. The molecular weight excluding hydrogens is 402 g/mol. The van der Waals surface area contributed by atoms with E-state index < -0.39 is 11.9 Å². The second kappa shape index (κ2) is 7.55. The van der Waals surface area contributed by atoms with Gasteiger partial charge in [-0.3, -0.25) is 0 Å². The van der Waals surface area contributed by atoms with Crippen LogP contribution in [-0.2, 0) is 19.1 Å². The molecule has 0 spiro atoms. The van der Waals surface area contributed by atoms with Crippen LogP contribution in [0.1, 0.15) is 0 Å². The van der Waals surface area contributed by atoms with Gasteiger partial charge in [-0.15, -0.1) is 0 Å². The average Bonchev–Trinajstić information content (AvgIpc) is 2.79. The van der Waals surface area contributed by atoms with Crippen molar-refractivity contribution in [1.82, 2.24) is 0 Å². The number of anilines is 1. The first-order valence-corrected chi connectivity index (χ1v) is 7.80. The Morgan fingerprint density at radius 2 is 1.83 bits per heavy atom. The number of carbonyl (C=O) groups is 2. The van der Waals surface area contributed by atoms with Crippen molar-refractivity contribution < 1.29 is 24.2 Å². The van der Waals surface area contributed by atoms with Crippen LogP contribution in [0.2, 0.25) is 5.02 Å². The number of nitrogens with zero attached hydrogens (tertiary/aromatic N) is 1. The summed E-state index contributed by atoms with van der Waals surface area (Å²) in [5.41, 5.74) is 0.0554. The molecule has 0 fully saturated rings. The van der Waals surface area contributed by atoms with Gasteiger partial charge in [0.05, 0.1) is 30.0 Å². The number of hydrogen-bond donors (Lipinski definition) is 1. The van der Waals surface area contributed by atoms with Crippen LogP contribution in [0.25, 0.3) is 0 Å². The van der Waals surface area contributed by atoms with Gasteiger partial charge in [-0.1, -0.05) is 17.7 Å². The highest BCUT2D eigenvalue weighted by atomic mass is 79.9. The first kappa shape index (κ1) is 18.1. The highest BCUT2D eigenvalue weighted by Gasteiger charge is 2.29. The molecule has 0 atom stereocenters. The lowest BCUT2D eigenvalue weighted by Gasteiger charge is -2.24. The van der Waals surface area contributed by atoms with E-state index in [2.05, 4.69) is 15.9 Å². The van der Waals surface area contributed by atoms with E-state index in [-0.39, 0.29) is 22.7 Å². The summed E-state index contributed by atoms with van der Waals surface area (Å²) in [6, 6.07) is 2.96. The standard InChI is InChI=1S/C16H13BrClNO5/c1-23-15(21)10-5-3-4-6-19(13(10)16(22)24-2)12-8-9(18)7-11(17)14(12)20/h3-8,20H,1-2H3. The van der Waals surface area contributed by atoms with Gasteiger partial charge in [0.1, 0.15) is 5.70 Å². The van der Waals surface area contributed by atoms with Crippen molar-refractivity contribution in [1.29, 1.82) is 0 Å². The number of phenolic OH excluding ortho intramolecular Hbond substituents is 1. The molecule has 0 saturated heterocycles. The number of ether oxygens (including phenoxy) is 2. The summed E-state index contributed by atoms with van der Waals surface area (Å²) in [6.07, 6.45) is 6.07. The minimum Gasteiger partial charge on any atom is -0.505 e. The smallest absolute Gasteiger partial charge is 0.355 e. The van der Waals surface area contributed by atoms with Crippen molar-refractivity contribution in [3.63, 3.8) is 0 Å². The number of hydrogen-bond acceptors (Lipinski definition) is 6. The lowest BCUT2D eigenvalue weighted by Crippen LogP contribution is -2.27. The summed E-state index contributed by atoms with van der Waals surface area (Å²) in [7, 11) is 2.39. The van der Waals surface area contributed by atoms with Gasteiger partial charge in [0, 0.05) is 11.2 Å². The maximum absolute atomic E-state index is 12.3. The molecule has 1 heterocycles. The molecule has 6 nitrogen and oxygen atoms in total. The molecule has 1 N–H and O–H groups in total. The van der Waals surface area contributed by atoms with Crippen LogP contribution in [0.15, 0.2) is 52.3 Å². The lowest BCUT2D eigenvalue weighted by atomic mass is 10.1. The molecular formula is C16H13BrClNO5. The fourth-order valence-corrected chi connectivity index (χ4v) is 2.88. The van der Waals surface area contributed by atoms with Crippen molar-refractivity contribution in [2.75, 3.05) is 19.1 Å². The van der Waals surface area contributed by atoms with E-state index in [4.69, 9.17) is 21.1 Å². The normalized spacial score (nSPS) is 13.8. The number of rotatable bonds is 3. The number of aromatic hydroxyl groups is 1. The molecule has 0 unspecified atom stereocenters. The minimum absolute atomic E-state index is 0.0233. The van der Waals surface area contributed by atoms with Crippen LogP contribution in [-0.4, -0.2) is 31.3 Å². The number of phenols is 1. The van der Waals surface area contributed by atoms with Crippen LogP contribution >= 0.6 is 27.5 Å². The van der Waals surface area contributed by atoms with Gasteiger partial charge in [0.25, 0.3) is 0 Å². The molecule has 1 aromatic carbocycles. The van der Waals surface area contributed by atoms with E-state index >= 15 is 0 Å². The SMILES string of the molecule is COC(=O)C1=C(C(=O)OC)N(c2cc(Cl)cc(Br)c2O)C=CC=C1. The molecule has 1 aliphatic rings. The predicted molar refractivity (Wildman–Crippen MR) is 92.6 cm³/mol. The van der Waals surface area contributed by atoms with E-state index in [9.17, 15) is 14.7 Å². The number of carbonyl (C=O) groups excluding carboxylic acids is 2. The van der Waals surface area contributed by atoms with Gasteiger partial charge in [0.2, 0.25) is 0 Å². The van der Waals surface area contributed by atoms with E-state index in [1.54, 1.807) is 12.2 Å². The fraction of sp³-hybridized carbons (Fsp3) is 0.125. The molecule has 8 heteroatoms. The Hall–Kier alpha value is -2.25. The third kappa shape index (κ3) is 3.47. The van der Waals surface area contributed by atoms with Crippen LogP contribution in [0.4, 0.5) is 5.69 Å². The Morgan fingerprint density at radius 1 is 1.17 bits per heavy atom. The Morgan fingerprint density at radius 3 is 2.46 bits per heavy atom. The zero-order chi connectivity index (χ0) is 17.9. The molecule has 126 valence electrons. The fourth-order valence-electron chi connectivity index (χ4n) is 2.09. The number of allylic oxidation sites excluding steroid dienone is 2. The molecule has 0 amide bonds. The van der Waals surface area contributed by atoms with Crippen molar-refractivity contribution >= 4 is 45.2 Å². The van der Waals surface area contributed by atoms with Crippen molar-refractivity contribution in [2.45, 2.75) is 0 Å². The Labute approximate surface area is 151 Å². The first-order valence-electron chi connectivity index (χ1n) is 6.63. The van der Waals surface area contributed by atoms with E-state index in [1.165, 1.54) is 43.5 Å². The quantitative estimate of drug-likeness (QED) is 0.765. The largest absolute Gasteiger partial charge is 0.505 e. The number of benzene rings is 1. The summed E-state index contributed by atoms with van der Waals surface area (Å²) in [5.74, 6) is -1.65. The Bertz CT molecular complexity index is 785. The maximum atomic E-state index is 12.3. The van der Waals surface area contributed by atoms with E-state index in [1.807, 2.05) is 0 Å². The molecule has 1 aliphatic heterocycles. The monoisotopic (exact) mass is 413 g/mol. The molecule has 1 aromatic rings. The highest BCUT2D eigenvalue weighted by Crippen LogP contribution is 2.40. The number of methoxy groups -OCH3 is 2. The van der Waals surface area contributed by atoms with E-state index in [0.717, 1.165) is 0 Å². The third-order valence-electron chi connectivity index (χ3n) is 3.16. The Balaban J connectivity index is 2.75. The predicted octanol–water partition coefficient (Wildman–Crippen LogP) is 3.30. The summed E-state index contributed by atoms with van der Waals surface area (Å²) in [6.45, 7) is 0. The van der Waals surface area contributed by atoms with Crippen molar-refractivity contribution in [2.24, 2.45) is 0 Å². The van der Waals surface area contributed by atoms with Gasteiger partial charge in [0.15, 0.2) is 5.75 Å². The van der Waals surface area contributed by atoms with Crippen LogP contribution in [0.3, 0.4) is 0 Å². The van der Waals surface area contributed by atoms with Crippen LogP contribution in [0, 0.1) is 0 Å². The lowest BCUT2D eigenvalue weighted by molar-refractivity contribution is -0.139. The Kier molecular flexibility index (Phi) is 5.69. The van der Waals surface area contributed by atoms with Crippen molar-refractivity contribution in [3.05, 3.63) is 57.3 Å². The van der Waals surface area contributed by atoms with Gasteiger partial charge < -0.3 is 19.5 Å². The summed E-state index contributed by atoms with van der Waals surface area (Å²) in [4.78, 5) is 25.7. The van der Waals surface area contributed by atoms with Crippen LogP contribution in [0.5, 0.6) is 5.75 Å². The van der Waals surface area contributed by atoms with Gasteiger partial charge >= 0.3 is 11.9 Å².